The van der Waals surface area contributed by atoms with E-state index in [-0.39, 0.29) is 11.6 Å². The molecule has 2 aromatic rings. The number of nitrogens with two attached hydrogens (primary N) is 1. The lowest BCUT2D eigenvalue weighted by molar-refractivity contribution is 0.475. The Kier molecular flexibility index (Phi) is 3.03. The molecule has 0 saturated heterocycles. The molecule has 100 valence electrons. The van der Waals surface area contributed by atoms with Gasteiger partial charge in [0.05, 0.1) is 0 Å². The molecule has 1 aromatic heterocycles. The average Bonchev–Trinajstić information content (AvgIpc) is 2.45. The van der Waals surface area contributed by atoms with Crippen LogP contribution in [0.3, 0.4) is 0 Å². The summed E-state index contributed by atoms with van der Waals surface area (Å²) in [5.41, 5.74) is 10.1. The van der Waals surface area contributed by atoms with Crippen LogP contribution in [0.1, 0.15) is 29.7 Å². The van der Waals surface area contributed by atoms with Gasteiger partial charge in [-0.15, -0.1) is 0 Å². The van der Waals surface area contributed by atoms with Crippen molar-refractivity contribution >= 4 is 5.82 Å². The van der Waals surface area contributed by atoms with Crippen LogP contribution < -0.4 is 5.73 Å². The van der Waals surface area contributed by atoms with Crippen LogP contribution in [0.5, 0.6) is 5.75 Å². The second-order valence-electron chi connectivity index (χ2n) is 5.04. The van der Waals surface area contributed by atoms with Crippen molar-refractivity contribution in [2.75, 3.05) is 5.73 Å². The molecule has 3 rings (SSSR count). The van der Waals surface area contributed by atoms with Crippen molar-refractivity contribution in [3.63, 3.8) is 0 Å². The van der Waals surface area contributed by atoms with E-state index >= 15 is 0 Å². The molecule has 0 fully saturated rings. The van der Waals surface area contributed by atoms with E-state index in [0.29, 0.717) is 5.56 Å². The van der Waals surface area contributed by atoms with Crippen molar-refractivity contribution in [3.8, 4) is 22.9 Å². The summed E-state index contributed by atoms with van der Waals surface area (Å²) < 4.78 is 0. The van der Waals surface area contributed by atoms with Gasteiger partial charge in [-0.2, -0.15) is 5.26 Å². The topological polar surface area (TPSA) is 82.9 Å². The number of benzene rings is 1. The highest BCUT2D eigenvalue weighted by atomic mass is 16.3. The van der Waals surface area contributed by atoms with Crippen molar-refractivity contribution in [3.05, 3.63) is 41.1 Å². The van der Waals surface area contributed by atoms with E-state index in [1.807, 2.05) is 6.07 Å². The first-order valence-electron chi connectivity index (χ1n) is 6.71. The number of anilines is 1. The van der Waals surface area contributed by atoms with Crippen molar-refractivity contribution < 1.29 is 5.11 Å². The van der Waals surface area contributed by atoms with E-state index in [1.54, 1.807) is 18.2 Å². The van der Waals surface area contributed by atoms with Gasteiger partial charge in [0.25, 0.3) is 0 Å². The minimum absolute atomic E-state index is 0.186. The minimum Gasteiger partial charge on any atom is -0.508 e. The Morgan fingerprint density at radius 2 is 2.05 bits per heavy atom. The van der Waals surface area contributed by atoms with Crippen molar-refractivity contribution in [2.24, 2.45) is 0 Å². The zero-order valence-electron chi connectivity index (χ0n) is 11.1. The first kappa shape index (κ1) is 12.5. The minimum atomic E-state index is 0.186. The van der Waals surface area contributed by atoms with Gasteiger partial charge in [0, 0.05) is 11.3 Å². The number of hydrogen-bond acceptors (Lipinski definition) is 4. The van der Waals surface area contributed by atoms with E-state index in [1.165, 1.54) is 0 Å². The monoisotopic (exact) mass is 265 g/mol. The van der Waals surface area contributed by atoms with Gasteiger partial charge in [0.2, 0.25) is 0 Å². The fraction of sp³-hybridized carbons (Fsp3) is 0.250. The zero-order valence-corrected chi connectivity index (χ0v) is 11.1. The van der Waals surface area contributed by atoms with Crippen molar-refractivity contribution in [1.82, 2.24) is 4.98 Å². The molecular formula is C16H15N3O. The number of rotatable bonds is 1. The molecule has 0 bridgehead atoms. The van der Waals surface area contributed by atoms with Crippen LogP contribution in [0.25, 0.3) is 11.1 Å². The number of pyridine rings is 1. The molecule has 1 aromatic carbocycles. The summed E-state index contributed by atoms with van der Waals surface area (Å²) in [6.07, 6.45) is 4.00. The lowest BCUT2D eigenvalue weighted by Gasteiger charge is -2.21. The van der Waals surface area contributed by atoms with Gasteiger partial charge in [0.1, 0.15) is 23.2 Å². The van der Waals surface area contributed by atoms with E-state index in [9.17, 15) is 10.4 Å². The Hall–Kier alpha value is -2.54. The number of fused-ring (bicyclic) bond motifs is 1. The van der Waals surface area contributed by atoms with Gasteiger partial charge in [-0.25, -0.2) is 4.98 Å². The molecule has 1 heterocycles. The lowest BCUT2D eigenvalue weighted by atomic mass is 9.86. The van der Waals surface area contributed by atoms with E-state index in [0.717, 1.165) is 48.1 Å². The third-order valence-electron chi connectivity index (χ3n) is 3.75. The number of aromatic nitrogens is 1. The van der Waals surface area contributed by atoms with E-state index in [2.05, 4.69) is 11.1 Å². The second-order valence-corrected chi connectivity index (χ2v) is 5.04. The fourth-order valence-corrected chi connectivity index (χ4v) is 2.86. The molecule has 0 aliphatic heterocycles. The summed E-state index contributed by atoms with van der Waals surface area (Å²) in [5, 5.41) is 19.1. The summed E-state index contributed by atoms with van der Waals surface area (Å²) in [4.78, 5) is 4.39. The third-order valence-corrected chi connectivity index (χ3v) is 3.75. The number of phenols is 1. The molecule has 0 radical (unpaired) electrons. The lowest BCUT2D eigenvalue weighted by Crippen LogP contribution is -2.11. The summed E-state index contributed by atoms with van der Waals surface area (Å²) in [6, 6.07) is 9.12. The summed E-state index contributed by atoms with van der Waals surface area (Å²) in [5.74, 6) is 0.470. The van der Waals surface area contributed by atoms with E-state index in [4.69, 9.17) is 5.73 Å². The van der Waals surface area contributed by atoms with Crippen LogP contribution in [0.15, 0.2) is 24.3 Å². The molecule has 20 heavy (non-hydrogen) atoms. The summed E-state index contributed by atoms with van der Waals surface area (Å²) in [7, 11) is 0. The molecule has 0 unspecified atom stereocenters. The van der Waals surface area contributed by atoms with Crippen LogP contribution in [-0.2, 0) is 12.8 Å². The summed E-state index contributed by atoms with van der Waals surface area (Å²) in [6.45, 7) is 0. The first-order chi connectivity index (χ1) is 9.70. The first-order valence-corrected chi connectivity index (χ1v) is 6.71. The van der Waals surface area contributed by atoms with Crippen molar-refractivity contribution in [2.45, 2.75) is 25.7 Å². The smallest absolute Gasteiger partial charge is 0.142 e. The fourth-order valence-electron chi connectivity index (χ4n) is 2.86. The molecule has 1 aliphatic carbocycles. The number of phenolic OH excluding ortho intramolecular Hbond substituents is 1. The Bertz CT molecular complexity index is 716. The number of hydrogen-bond donors (Lipinski definition) is 2. The molecule has 4 heteroatoms. The number of nitrogen functional groups attached to an aromatic ring is 1. The molecule has 3 N–H and O–H groups in total. The molecule has 0 saturated carbocycles. The third kappa shape index (κ3) is 1.97. The Balaban J connectivity index is 2.32. The average molecular weight is 265 g/mol. The van der Waals surface area contributed by atoms with Gasteiger partial charge < -0.3 is 10.8 Å². The van der Waals surface area contributed by atoms with Gasteiger partial charge >= 0.3 is 0 Å². The molecule has 4 nitrogen and oxygen atoms in total. The van der Waals surface area contributed by atoms with E-state index < -0.39 is 0 Å². The number of aryl methyl sites for hydroxylation is 1. The Labute approximate surface area is 117 Å². The highest BCUT2D eigenvalue weighted by Crippen LogP contribution is 2.36. The molecule has 0 atom stereocenters. The molecule has 0 amide bonds. The second kappa shape index (κ2) is 4.86. The maximum atomic E-state index is 9.68. The van der Waals surface area contributed by atoms with Crippen LogP contribution in [-0.4, -0.2) is 10.1 Å². The van der Waals surface area contributed by atoms with Crippen LogP contribution in [0.4, 0.5) is 5.82 Å². The quantitative estimate of drug-likeness (QED) is 0.830. The summed E-state index contributed by atoms with van der Waals surface area (Å²) >= 11 is 0. The van der Waals surface area contributed by atoms with Gasteiger partial charge in [-0.3, -0.25) is 0 Å². The van der Waals surface area contributed by atoms with Crippen LogP contribution >= 0.6 is 0 Å². The van der Waals surface area contributed by atoms with Crippen LogP contribution in [0.2, 0.25) is 0 Å². The number of nitriles is 1. The predicted molar refractivity (Wildman–Crippen MR) is 77.1 cm³/mol. The number of nitrogens with zero attached hydrogens (tertiary/aromatic N) is 2. The highest BCUT2D eigenvalue weighted by Gasteiger charge is 2.21. The van der Waals surface area contributed by atoms with Gasteiger partial charge in [0.15, 0.2) is 0 Å². The highest BCUT2D eigenvalue weighted by molar-refractivity contribution is 5.79. The molecule has 1 aliphatic rings. The predicted octanol–water partition coefficient (Wildman–Crippen LogP) is 2.79. The van der Waals surface area contributed by atoms with Gasteiger partial charge in [-0.05, 0) is 48.9 Å². The maximum Gasteiger partial charge on any atom is 0.142 e. The maximum absolute atomic E-state index is 9.68. The van der Waals surface area contributed by atoms with Crippen LogP contribution in [0, 0.1) is 11.3 Å². The zero-order chi connectivity index (χ0) is 14.1. The SMILES string of the molecule is N#Cc1c(N)nc2c(c1-c1cccc(O)c1)CCCC2. The largest absolute Gasteiger partial charge is 0.508 e. The normalized spacial score (nSPS) is 13.6. The molecular weight excluding hydrogens is 250 g/mol. The number of aromatic hydroxyl groups is 1. The standard InChI is InChI=1S/C16H15N3O/c17-9-13-15(10-4-3-5-11(20)8-10)12-6-1-2-7-14(12)19-16(13)18/h3-5,8,20H,1-2,6-7H2,(H2,18,19). The van der Waals surface area contributed by atoms with Crippen molar-refractivity contribution in [1.29, 1.82) is 5.26 Å². The Morgan fingerprint density at radius 1 is 1.25 bits per heavy atom. The van der Waals surface area contributed by atoms with Gasteiger partial charge in [-0.1, -0.05) is 12.1 Å². The molecule has 0 spiro atoms. The Morgan fingerprint density at radius 3 is 2.80 bits per heavy atom.